The van der Waals surface area contributed by atoms with E-state index in [1.807, 2.05) is 13.8 Å². The van der Waals surface area contributed by atoms with E-state index in [1.165, 1.54) is 6.92 Å². The largest absolute Gasteiger partial charge is 0.480 e. The molecule has 0 spiro atoms. The molecule has 5 nitrogen and oxygen atoms in total. The van der Waals surface area contributed by atoms with Crippen molar-refractivity contribution >= 4 is 11.9 Å². The lowest BCUT2D eigenvalue weighted by Gasteiger charge is -2.18. The van der Waals surface area contributed by atoms with Crippen LogP contribution in [0.4, 0.5) is 0 Å². The van der Waals surface area contributed by atoms with Crippen LogP contribution in [-0.4, -0.2) is 29.6 Å². The van der Waals surface area contributed by atoms with Crippen LogP contribution in [0.15, 0.2) is 0 Å². The van der Waals surface area contributed by atoms with E-state index in [4.69, 9.17) is 10.8 Å². The molecule has 0 aliphatic rings. The van der Waals surface area contributed by atoms with Gasteiger partial charge in [0, 0.05) is 6.54 Å². The van der Waals surface area contributed by atoms with Crippen LogP contribution in [0.2, 0.25) is 0 Å². The van der Waals surface area contributed by atoms with Crippen molar-refractivity contribution in [3.05, 3.63) is 0 Å². The fourth-order valence-electron chi connectivity index (χ4n) is 1.27. The molecule has 2 atom stereocenters. The molecule has 5 heteroatoms. The van der Waals surface area contributed by atoms with Crippen LogP contribution in [0, 0.1) is 11.8 Å². The number of hydrogen-bond donors (Lipinski definition) is 3. The molecule has 0 aromatic carbocycles. The molecule has 0 aliphatic heterocycles. The Bertz CT molecular complexity index is 229. The van der Waals surface area contributed by atoms with Gasteiger partial charge in [0.1, 0.15) is 6.04 Å². The Labute approximate surface area is 90.0 Å². The number of aliphatic carboxylic acids is 1. The molecule has 0 saturated carbocycles. The number of carbonyl (C=O) groups excluding carboxylic acids is 1. The molecule has 1 amide bonds. The van der Waals surface area contributed by atoms with Crippen LogP contribution in [0.25, 0.3) is 0 Å². The summed E-state index contributed by atoms with van der Waals surface area (Å²) in [5.74, 6) is -1.25. The van der Waals surface area contributed by atoms with E-state index in [0.29, 0.717) is 12.3 Å². The van der Waals surface area contributed by atoms with E-state index in [-0.39, 0.29) is 18.4 Å². The third kappa shape index (κ3) is 5.37. The van der Waals surface area contributed by atoms with Gasteiger partial charge < -0.3 is 16.2 Å². The highest BCUT2D eigenvalue weighted by Gasteiger charge is 2.21. The van der Waals surface area contributed by atoms with E-state index in [0.717, 1.165) is 0 Å². The Morgan fingerprint density at radius 2 is 1.87 bits per heavy atom. The van der Waals surface area contributed by atoms with E-state index in [9.17, 15) is 9.59 Å². The number of carboxylic acids is 1. The number of nitrogens with two attached hydrogens (primary N) is 1. The number of carboxylic acid groups (broad SMARTS) is 1. The zero-order chi connectivity index (χ0) is 12.0. The lowest BCUT2D eigenvalue weighted by atomic mass is 9.96. The quantitative estimate of drug-likeness (QED) is 0.591. The molecular formula is C10H20N2O3. The smallest absolute Gasteiger partial charge is 0.325 e. The average molecular weight is 216 g/mol. The first kappa shape index (κ1) is 13.9. The molecule has 0 aromatic heterocycles. The normalized spacial score (nSPS) is 14.7. The van der Waals surface area contributed by atoms with E-state index >= 15 is 0 Å². The predicted octanol–water partition coefficient (Wildman–Crippen LogP) is 0.197. The van der Waals surface area contributed by atoms with Crippen molar-refractivity contribution in [3.63, 3.8) is 0 Å². The standard InChI is InChI=1S/C10H20N2O3/c1-6(2)4-8(5-11)9(13)12-7(3)10(14)15/h6-8H,4-5,11H2,1-3H3,(H,12,13)(H,14,15)/t7-,8?/m0/s1. The maximum atomic E-state index is 11.6. The molecule has 0 heterocycles. The second-order valence-electron chi connectivity index (χ2n) is 4.13. The number of hydrogen-bond acceptors (Lipinski definition) is 3. The summed E-state index contributed by atoms with van der Waals surface area (Å²) in [6, 6.07) is -0.862. The highest BCUT2D eigenvalue weighted by Crippen LogP contribution is 2.10. The number of amides is 1. The summed E-state index contributed by atoms with van der Waals surface area (Å²) >= 11 is 0. The molecule has 0 radical (unpaired) electrons. The van der Waals surface area contributed by atoms with Crippen molar-refractivity contribution in [2.75, 3.05) is 6.54 Å². The summed E-state index contributed by atoms with van der Waals surface area (Å²) in [5.41, 5.74) is 5.47. The molecule has 15 heavy (non-hydrogen) atoms. The molecule has 0 bridgehead atoms. The van der Waals surface area contributed by atoms with Crippen LogP contribution in [-0.2, 0) is 9.59 Å². The summed E-state index contributed by atoms with van der Waals surface area (Å²) in [4.78, 5) is 22.1. The van der Waals surface area contributed by atoms with Crippen molar-refractivity contribution in [1.29, 1.82) is 0 Å². The zero-order valence-corrected chi connectivity index (χ0v) is 9.49. The highest BCUT2D eigenvalue weighted by molar-refractivity contribution is 5.84. The van der Waals surface area contributed by atoms with Gasteiger partial charge in [0.05, 0.1) is 5.92 Å². The van der Waals surface area contributed by atoms with Crippen LogP contribution in [0.3, 0.4) is 0 Å². The molecule has 0 saturated heterocycles. The number of carbonyl (C=O) groups is 2. The van der Waals surface area contributed by atoms with Gasteiger partial charge in [0.15, 0.2) is 0 Å². The Morgan fingerprint density at radius 1 is 1.33 bits per heavy atom. The predicted molar refractivity (Wildman–Crippen MR) is 57.2 cm³/mol. The van der Waals surface area contributed by atoms with Gasteiger partial charge in [-0.25, -0.2) is 0 Å². The van der Waals surface area contributed by atoms with Gasteiger partial charge >= 0.3 is 5.97 Å². The van der Waals surface area contributed by atoms with Crippen LogP contribution in [0.1, 0.15) is 27.2 Å². The summed E-state index contributed by atoms with van der Waals surface area (Å²) in [5, 5.41) is 11.0. The van der Waals surface area contributed by atoms with Gasteiger partial charge in [0.2, 0.25) is 5.91 Å². The monoisotopic (exact) mass is 216 g/mol. The van der Waals surface area contributed by atoms with Crippen LogP contribution in [0.5, 0.6) is 0 Å². The molecule has 0 rings (SSSR count). The fourth-order valence-corrected chi connectivity index (χ4v) is 1.27. The SMILES string of the molecule is CC(C)CC(CN)C(=O)N[C@@H](C)C(=O)O. The van der Waals surface area contributed by atoms with Crippen molar-refractivity contribution in [3.8, 4) is 0 Å². The maximum Gasteiger partial charge on any atom is 0.325 e. The van der Waals surface area contributed by atoms with Crippen molar-refractivity contribution in [2.24, 2.45) is 17.6 Å². The lowest BCUT2D eigenvalue weighted by Crippen LogP contribution is -2.43. The second-order valence-corrected chi connectivity index (χ2v) is 4.13. The maximum absolute atomic E-state index is 11.6. The van der Waals surface area contributed by atoms with Crippen molar-refractivity contribution in [2.45, 2.75) is 33.2 Å². The van der Waals surface area contributed by atoms with Crippen molar-refractivity contribution < 1.29 is 14.7 Å². The summed E-state index contributed by atoms with van der Waals surface area (Å²) in [6.07, 6.45) is 0.675. The van der Waals surface area contributed by atoms with Gasteiger partial charge in [-0.3, -0.25) is 9.59 Å². The highest BCUT2D eigenvalue weighted by atomic mass is 16.4. The van der Waals surface area contributed by atoms with Gasteiger partial charge in [-0.1, -0.05) is 13.8 Å². The molecule has 88 valence electrons. The van der Waals surface area contributed by atoms with Crippen LogP contribution < -0.4 is 11.1 Å². The fraction of sp³-hybridized carbons (Fsp3) is 0.800. The molecule has 1 unspecified atom stereocenters. The Balaban J connectivity index is 4.21. The summed E-state index contributed by atoms with van der Waals surface area (Å²) in [7, 11) is 0. The first-order chi connectivity index (χ1) is 6.88. The Kier molecular flexibility index (Phi) is 5.93. The third-order valence-electron chi connectivity index (χ3n) is 2.14. The topological polar surface area (TPSA) is 92.4 Å². The Morgan fingerprint density at radius 3 is 2.20 bits per heavy atom. The second kappa shape index (κ2) is 6.40. The first-order valence-electron chi connectivity index (χ1n) is 5.11. The molecule has 0 aliphatic carbocycles. The van der Waals surface area contributed by atoms with Crippen LogP contribution >= 0.6 is 0 Å². The first-order valence-corrected chi connectivity index (χ1v) is 5.11. The number of rotatable bonds is 6. The summed E-state index contributed by atoms with van der Waals surface area (Å²) < 4.78 is 0. The molecule has 0 aromatic rings. The van der Waals surface area contributed by atoms with Gasteiger partial charge in [-0.2, -0.15) is 0 Å². The van der Waals surface area contributed by atoms with Gasteiger partial charge in [-0.05, 0) is 19.3 Å². The molecule has 0 fully saturated rings. The van der Waals surface area contributed by atoms with E-state index in [2.05, 4.69) is 5.32 Å². The van der Waals surface area contributed by atoms with Crippen molar-refractivity contribution in [1.82, 2.24) is 5.32 Å². The molecule has 4 N–H and O–H groups in total. The average Bonchev–Trinajstić information content (AvgIpc) is 2.13. The summed E-state index contributed by atoms with van der Waals surface area (Å²) in [6.45, 7) is 5.67. The third-order valence-corrected chi connectivity index (χ3v) is 2.14. The van der Waals surface area contributed by atoms with E-state index in [1.54, 1.807) is 0 Å². The minimum atomic E-state index is -1.04. The Hall–Kier alpha value is -1.10. The minimum Gasteiger partial charge on any atom is -0.480 e. The molecular weight excluding hydrogens is 196 g/mol. The van der Waals surface area contributed by atoms with Gasteiger partial charge in [0.25, 0.3) is 0 Å². The zero-order valence-electron chi connectivity index (χ0n) is 9.49. The minimum absolute atomic E-state index is 0.246. The van der Waals surface area contributed by atoms with E-state index < -0.39 is 12.0 Å². The number of nitrogens with one attached hydrogen (secondary N) is 1. The lowest BCUT2D eigenvalue weighted by molar-refractivity contribution is -0.141. The van der Waals surface area contributed by atoms with Gasteiger partial charge in [-0.15, -0.1) is 0 Å².